The first-order valence-electron chi connectivity index (χ1n) is 10.4. The average molecular weight is 414 g/mol. The number of methoxy groups -OCH3 is 1. The maximum atomic E-state index is 13.2. The fourth-order valence-corrected chi connectivity index (χ4v) is 4.99. The predicted molar refractivity (Wildman–Crippen MR) is 113 cm³/mol. The van der Waals surface area contributed by atoms with Crippen molar-refractivity contribution in [3.05, 3.63) is 46.2 Å². The third kappa shape index (κ3) is 4.47. The number of hydrogen-bond acceptors (Lipinski definition) is 5. The molecule has 6 heteroatoms. The number of carbonyl (C=O) groups excluding carboxylic acids is 2. The third-order valence-corrected chi connectivity index (χ3v) is 6.77. The molecule has 1 saturated heterocycles. The first kappa shape index (κ1) is 20.0. The summed E-state index contributed by atoms with van der Waals surface area (Å²) in [6.07, 6.45) is 6.93. The van der Waals surface area contributed by atoms with Gasteiger partial charge in [0.15, 0.2) is 17.3 Å². The monoisotopic (exact) mass is 413 g/mol. The number of amides is 1. The summed E-state index contributed by atoms with van der Waals surface area (Å²) in [5.74, 6) is 1.36. The molecule has 1 aliphatic heterocycles. The molecule has 4 rings (SSSR count). The number of likely N-dealkylation sites (tertiary alicyclic amines) is 1. The summed E-state index contributed by atoms with van der Waals surface area (Å²) < 4.78 is 11.6. The molecule has 0 radical (unpaired) electrons. The van der Waals surface area contributed by atoms with Gasteiger partial charge < -0.3 is 14.4 Å². The normalized spacial score (nSPS) is 19.5. The van der Waals surface area contributed by atoms with E-state index in [1.54, 1.807) is 13.2 Å². The van der Waals surface area contributed by atoms with Gasteiger partial charge in [0, 0.05) is 24.6 Å². The van der Waals surface area contributed by atoms with Crippen molar-refractivity contribution >= 4 is 23.0 Å². The van der Waals surface area contributed by atoms with E-state index in [4.69, 9.17) is 9.47 Å². The maximum absolute atomic E-state index is 13.2. The van der Waals surface area contributed by atoms with E-state index in [2.05, 4.69) is 0 Å². The number of hydrogen-bond donors (Lipinski definition) is 0. The fraction of sp³-hybridized carbons (Fsp3) is 0.478. The molecule has 5 nitrogen and oxygen atoms in total. The summed E-state index contributed by atoms with van der Waals surface area (Å²) >= 11 is 1.46. The summed E-state index contributed by atoms with van der Waals surface area (Å²) in [5, 5.41) is 1.91. The van der Waals surface area contributed by atoms with Crippen LogP contribution in [-0.2, 0) is 0 Å². The van der Waals surface area contributed by atoms with Gasteiger partial charge in [-0.3, -0.25) is 9.59 Å². The minimum atomic E-state index is -0.0443. The number of Topliss-reactive ketones (excluding diaryl/α,β-unsaturated/α-hetero) is 1. The highest BCUT2D eigenvalue weighted by atomic mass is 32.1. The molecule has 29 heavy (non-hydrogen) atoms. The fourth-order valence-electron chi connectivity index (χ4n) is 4.32. The van der Waals surface area contributed by atoms with E-state index in [-0.39, 0.29) is 23.8 Å². The standard InChI is InChI=1S/C23H27NO4S/c1-27-21-14-16(10-11-20(21)28-18-7-2-3-8-18)23(26)24-12-4-6-17(24)15-19(25)22-9-5-13-29-22/h5,9-11,13-14,17-18H,2-4,6-8,12,15H2,1H3. The smallest absolute Gasteiger partial charge is 0.254 e. The van der Waals surface area contributed by atoms with Gasteiger partial charge >= 0.3 is 0 Å². The second-order valence-electron chi connectivity index (χ2n) is 7.79. The number of thiophene rings is 1. The van der Waals surface area contributed by atoms with Gasteiger partial charge in [0.2, 0.25) is 0 Å². The lowest BCUT2D eigenvalue weighted by Gasteiger charge is -2.25. The Morgan fingerprint density at radius 1 is 1.10 bits per heavy atom. The lowest BCUT2D eigenvalue weighted by atomic mass is 10.1. The Morgan fingerprint density at radius 2 is 1.93 bits per heavy atom. The molecule has 1 unspecified atom stereocenters. The first-order valence-corrected chi connectivity index (χ1v) is 11.3. The molecule has 1 atom stereocenters. The Kier molecular flexibility index (Phi) is 6.19. The van der Waals surface area contributed by atoms with Gasteiger partial charge in [-0.15, -0.1) is 11.3 Å². The zero-order chi connectivity index (χ0) is 20.2. The zero-order valence-electron chi connectivity index (χ0n) is 16.8. The summed E-state index contributed by atoms with van der Waals surface area (Å²) in [7, 11) is 1.60. The van der Waals surface area contributed by atoms with Crippen LogP contribution in [0.3, 0.4) is 0 Å². The van der Waals surface area contributed by atoms with Gasteiger partial charge in [-0.05, 0) is 68.2 Å². The molecule has 1 aliphatic carbocycles. The topological polar surface area (TPSA) is 55.8 Å². The van der Waals surface area contributed by atoms with Gasteiger partial charge in [-0.2, -0.15) is 0 Å². The molecule has 0 spiro atoms. The van der Waals surface area contributed by atoms with Crippen LogP contribution in [0.1, 0.15) is 65.0 Å². The first-order chi connectivity index (χ1) is 14.2. The van der Waals surface area contributed by atoms with Gasteiger partial charge in [0.1, 0.15) is 0 Å². The summed E-state index contributed by atoms with van der Waals surface area (Å²) in [6, 6.07) is 9.11. The van der Waals surface area contributed by atoms with Gasteiger partial charge in [0.25, 0.3) is 5.91 Å². The molecule has 2 heterocycles. The van der Waals surface area contributed by atoms with Crippen LogP contribution < -0.4 is 9.47 Å². The average Bonchev–Trinajstić information content (AvgIpc) is 3.50. The number of benzene rings is 1. The SMILES string of the molecule is COc1cc(C(=O)N2CCCC2CC(=O)c2cccs2)ccc1OC1CCCC1. The molecular weight excluding hydrogens is 386 g/mol. The lowest BCUT2D eigenvalue weighted by Crippen LogP contribution is -2.36. The molecule has 1 aromatic carbocycles. The van der Waals surface area contributed by atoms with Crippen LogP contribution in [-0.4, -0.2) is 42.4 Å². The van der Waals surface area contributed by atoms with Crippen molar-refractivity contribution in [3.63, 3.8) is 0 Å². The molecule has 0 N–H and O–H groups in total. The van der Waals surface area contributed by atoms with E-state index in [9.17, 15) is 9.59 Å². The molecule has 1 saturated carbocycles. The van der Waals surface area contributed by atoms with Gasteiger partial charge in [0.05, 0.1) is 18.1 Å². The van der Waals surface area contributed by atoms with Crippen molar-refractivity contribution in [3.8, 4) is 11.5 Å². The van der Waals surface area contributed by atoms with Crippen molar-refractivity contribution in [2.24, 2.45) is 0 Å². The number of carbonyl (C=O) groups is 2. The van der Waals surface area contributed by atoms with Crippen LogP contribution in [0.25, 0.3) is 0 Å². The minimum absolute atomic E-state index is 0.0440. The van der Waals surface area contributed by atoms with Crippen molar-refractivity contribution in [2.45, 2.75) is 57.1 Å². The number of nitrogens with zero attached hydrogens (tertiary/aromatic N) is 1. The Hall–Kier alpha value is -2.34. The van der Waals surface area contributed by atoms with Crippen molar-refractivity contribution < 1.29 is 19.1 Å². The highest BCUT2D eigenvalue weighted by Crippen LogP contribution is 2.33. The van der Waals surface area contributed by atoms with E-state index >= 15 is 0 Å². The van der Waals surface area contributed by atoms with Crippen LogP contribution in [0, 0.1) is 0 Å². The second kappa shape index (κ2) is 8.99. The van der Waals surface area contributed by atoms with Gasteiger partial charge in [-0.1, -0.05) is 6.07 Å². The Labute approximate surface area is 175 Å². The predicted octanol–water partition coefficient (Wildman–Crippen LogP) is 4.96. The van der Waals surface area contributed by atoms with E-state index in [0.29, 0.717) is 30.0 Å². The quantitative estimate of drug-likeness (QED) is 0.602. The molecule has 2 fully saturated rings. The molecule has 0 bridgehead atoms. The van der Waals surface area contributed by atoms with Crippen molar-refractivity contribution in [2.75, 3.05) is 13.7 Å². The number of rotatable bonds is 7. The van der Waals surface area contributed by atoms with Crippen molar-refractivity contribution in [1.82, 2.24) is 4.90 Å². The highest BCUT2D eigenvalue weighted by molar-refractivity contribution is 7.12. The van der Waals surface area contributed by atoms with Crippen molar-refractivity contribution in [1.29, 1.82) is 0 Å². The molecule has 2 aromatic rings. The molecule has 154 valence electrons. The molecular formula is C23H27NO4S. The van der Waals surface area contributed by atoms with Crippen LogP contribution in [0.2, 0.25) is 0 Å². The Balaban J connectivity index is 1.46. The van der Waals surface area contributed by atoms with E-state index in [1.807, 2.05) is 34.5 Å². The van der Waals surface area contributed by atoms with E-state index in [0.717, 1.165) is 30.6 Å². The largest absolute Gasteiger partial charge is 0.493 e. The van der Waals surface area contributed by atoms with Crippen LogP contribution >= 0.6 is 11.3 Å². The Morgan fingerprint density at radius 3 is 2.66 bits per heavy atom. The minimum Gasteiger partial charge on any atom is -0.493 e. The zero-order valence-corrected chi connectivity index (χ0v) is 17.6. The van der Waals surface area contributed by atoms with Gasteiger partial charge in [-0.25, -0.2) is 0 Å². The third-order valence-electron chi connectivity index (χ3n) is 5.86. The summed E-state index contributed by atoms with van der Waals surface area (Å²) in [4.78, 5) is 28.3. The maximum Gasteiger partial charge on any atom is 0.254 e. The molecule has 1 aromatic heterocycles. The molecule has 2 aliphatic rings. The summed E-state index contributed by atoms with van der Waals surface area (Å²) in [5.41, 5.74) is 0.580. The summed E-state index contributed by atoms with van der Waals surface area (Å²) in [6.45, 7) is 0.684. The highest BCUT2D eigenvalue weighted by Gasteiger charge is 2.32. The lowest BCUT2D eigenvalue weighted by molar-refractivity contribution is 0.0717. The second-order valence-corrected chi connectivity index (χ2v) is 8.74. The number of ketones is 1. The van der Waals surface area contributed by atoms with E-state index < -0.39 is 0 Å². The molecule has 1 amide bonds. The number of ether oxygens (including phenoxy) is 2. The van der Waals surface area contributed by atoms with Crippen LogP contribution in [0.4, 0.5) is 0 Å². The van der Waals surface area contributed by atoms with E-state index in [1.165, 1.54) is 24.2 Å². The van der Waals surface area contributed by atoms with Crippen LogP contribution in [0.15, 0.2) is 35.7 Å². The Bertz CT molecular complexity index is 858. The van der Waals surface area contributed by atoms with Crippen LogP contribution in [0.5, 0.6) is 11.5 Å².